The Labute approximate surface area is 106 Å². The second-order valence-corrected chi connectivity index (χ2v) is 4.25. The molecule has 0 bridgehead atoms. The number of ether oxygens (including phenoxy) is 2. The summed E-state index contributed by atoms with van der Waals surface area (Å²) in [5, 5.41) is 0. The van der Waals surface area contributed by atoms with Gasteiger partial charge >= 0.3 is 11.9 Å². The van der Waals surface area contributed by atoms with Gasteiger partial charge in [-0.05, 0) is 30.9 Å². The Kier molecular flexibility index (Phi) is 5.55. The van der Waals surface area contributed by atoms with Gasteiger partial charge in [0.1, 0.15) is 6.10 Å². The molecule has 0 spiro atoms. The van der Waals surface area contributed by atoms with Crippen LogP contribution in [0.15, 0.2) is 11.6 Å². The minimum atomic E-state index is -0.411. The summed E-state index contributed by atoms with van der Waals surface area (Å²) in [5.41, 5.74) is 0.700. The average Bonchev–Trinajstić information content (AvgIpc) is 2.63. The number of unbranched alkanes of at least 4 members (excludes halogenated alkanes) is 1. The molecule has 1 atom stereocenters. The zero-order chi connectivity index (χ0) is 13.5. The molecule has 1 rings (SSSR count). The van der Waals surface area contributed by atoms with Crippen LogP contribution in [-0.4, -0.2) is 30.9 Å². The molecule has 0 aromatic carbocycles. The summed E-state index contributed by atoms with van der Waals surface area (Å²) in [6.07, 6.45) is 3.97. The maximum atomic E-state index is 11.6. The van der Waals surface area contributed by atoms with Crippen molar-refractivity contribution >= 4 is 17.7 Å². The van der Waals surface area contributed by atoms with Gasteiger partial charge in [-0.3, -0.25) is 14.4 Å². The first-order chi connectivity index (χ1) is 8.52. The fourth-order valence-corrected chi connectivity index (χ4v) is 1.89. The summed E-state index contributed by atoms with van der Waals surface area (Å²) in [6, 6.07) is 0. The number of carbonyl (C=O) groups is 3. The Morgan fingerprint density at radius 2 is 2.11 bits per heavy atom. The lowest BCUT2D eigenvalue weighted by Gasteiger charge is -2.05. The third-order valence-electron chi connectivity index (χ3n) is 2.75. The van der Waals surface area contributed by atoms with Crippen LogP contribution in [0.3, 0.4) is 0 Å². The third-order valence-corrected chi connectivity index (χ3v) is 2.75. The molecule has 0 fully saturated rings. The molecule has 0 saturated carbocycles. The van der Waals surface area contributed by atoms with Crippen molar-refractivity contribution in [3.05, 3.63) is 11.6 Å². The van der Waals surface area contributed by atoms with E-state index in [2.05, 4.69) is 4.74 Å². The van der Waals surface area contributed by atoms with Crippen LogP contribution in [0.4, 0.5) is 0 Å². The van der Waals surface area contributed by atoms with E-state index in [-0.39, 0.29) is 24.1 Å². The largest absolute Gasteiger partial charge is 0.469 e. The van der Waals surface area contributed by atoms with Crippen molar-refractivity contribution in [2.45, 2.75) is 45.1 Å². The average molecular weight is 254 g/mol. The molecule has 5 nitrogen and oxygen atoms in total. The van der Waals surface area contributed by atoms with Gasteiger partial charge in [-0.15, -0.1) is 0 Å². The minimum absolute atomic E-state index is 0.0271. The van der Waals surface area contributed by atoms with Crippen LogP contribution in [0, 0.1) is 0 Å². The summed E-state index contributed by atoms with van der Waals surface area (Å²) in [4.78, 5) is 33.3. The molecular weight excluding hydrogens is 236 g/mol. The predicted octanol–water partition coefficient (Wildman–Crippen LogP) is 1.55. The lowest BCUT2D eigenvalue weighted by atomic mass is 10.1. The molecule has 0 aromatic heterocycles. The van der Waals surface area contributed by atoms with E-state index < -0.39 is 6.10 Å². The number of allylic oxidation sites excluding steroid dienone is 1. The van der Waals surface area contributed by atoms with E-state index in [0.29, 0.717) is 24.8 Å². The standard InChI is InChI=1S/C13H18O5/c1-9(14)18-11-7-10(12(15)8-11)5-3-4-6-13(16)17-2/h7,11H,3-6,8H2,1-2H3. The molecular formula is C13H18O5. The van der Waals surface area contributed by atoms with Crippen LogP contribution in [0.5, 0.6) is 0 Å². The molecule has 0 heterocycles. The van der Waals surface area contributed by atoms with E-state index >= 15 is 0 Å². The van der Waals surface area contributed by atoms with E-state index in [4.69, 9.17) is 4.74 Å². The van der Waals surface area contributed by atoms with Crippen LogP contribution in [0.2, 0.25) is 0 Å². The fourth-order valence-electron chi connectivity index (χ4n) is 1.89. The van der Waals surface area contributed by atoms with Gasteiger partial charge in [-0.25, -0.2) is 0 Å². The van der Waals surface area contributed by atoms with Gasteiger partial charge < -0.3 is 9.47 Å². The van der Waals surface area contributed by atoms with Crippen LogP contribution >= 0.6 is 0 Å². The normalized spacial score (nSPS) is 18.4. The summed E-state index contributed by atoms with van der Waals surface area (Å²) < 4.78 is 9.49. The first-order valence-electron chi connectivity index (χ1n) is 6.01. The van der Waals surface area contributed by atoms with E-state index in [9.17, 15) is 14.4 Å². The number of hydrogen-bond donors (Lipinski definition) is 0. The van der Waals surface area contributed by atoms with Gasteiger partial charge in [0.2, 0.25) is 0 Å². The smallest absolute Gasteiger partial charge is 0.305 e. The predicted molar refractivity (Wildman–Crippen MR) is 63.7 cm³/mol. The molecule has 1 aliphatic carbocycles. The van der Waals surface area contributed by atoms with Crippen LogP contribution in [0.1, 0.15) is 39.0 Å². The number of Topliss-reactive ketones (excluding diaryl/α,β-unsaturated/α-hetero) is 1. The summed E-state index contributed by atoms with van der Waals surface area (Å²) in [5.74, 6) is -0.588. The highest BCUT2D eigenvalue weighted by Crippen LogP contribution is 2.22. The summed E-state index contributed by atoms with van der Waals surface area (Å²) in [7, 11) is 1.36. The monoisotopic (exact) mass is 254 g/mol. The second kappa shape index (κ2) is 6.93. The second-order valence-electron chi connectivity index (χ2n) is 4.25. The van der Waals surface area contributed by atoms with Crippen molar-refractivity contribution in [3.8, 4) is 0 Å². The molecule has 0 radical (unpaired) electrons. The topological polar surface area (TPSA) is 69.7 Å². The van der Waals surface area contributed by atoms with Gasteiger partial charge in [0.25, 0.3) is 0 Å². The van der Waals surface area contributed by atoms with Crippen molar-refractivity contribution in [1.29, 1.82) is 0 Å². The number of rotatable bonds is 6. The van der Waals surface area contributed by atoms with Crippen molar-refractivity contribution < 1.29 is 23.9 Å². The molecule has 1 unspecified atom stereocenters. The van der Waals surface area contributed by atoms with Gasteiger partial charge in [0, 0.05) is 13.3 Å². The third kappa shape index (κ3) is 4.69. The van der Waals surface area contributed by atoms with Crippen LogP contribution in [-0.2, 0) is 23.9 Å². The molecule has 0 saturated heterocycles. The Bertz CT molecular complexity index is 370. The Morgan fingerprint density at radius 1 is 1.39 bits per heavy atom. The number of carbonyl (C=O) groups excluding carboxylic acids is 3. The first-order valence-corrected chi connectivity index (χ1v) is 6.01. The zero-order valence-corrected chi connectivity index (χ0v) is 10.7. The van der Waals surface area contributed by atoms with Crippen LogP contribution in [0.25, 0.3) is 0 Å². The highest BCUT2D eigenvalue weighted by atomic mass is 16.5. The molecule has 18 heavy (non-hydrogen) atoms. The molecule has 100 valence electrons. The van der Waals surface area contributed by atoms with Gasteiger partial charge in [0.05, 0.1) is 13.5 Å². The minimum Gasteiger partial charge on any atom is -0.469 e. The van der Waals surface area contributed by atoms with E-state index in [1.165, 1.54) is 14.0 Å². The van der Waals surface area contributed by atoms with Gasteiger partial charge in [0.15, 0.2) is 5.78 Å². The lowest BCUT2D eigenvalue weighted by Crippen LogP contribution is -2.12. The number of methoxy groups -OCH3 is 1. The molecule has 0 amide bonds. The summed E-state index contributed by atoms with van der Waals surface area (Å²) in [6.45, 7) is 1.33. The van der Waals surface area contributed by atoms with Crippen molar-refractivity contribution in [1.82, 2.24) is 0 Å². The Morgan fingerprint density at radius 3 is 2.72 bits per heavy atom. The zero-order valence-electron chi connectivity index (χ0n) is 10.7. The highest BCUT2D eigenvalue weighted by Gasteiger charge is 2.25. The summed E-state index contributed by atoms with van der Waals surface area (Å²) >= 11 is 0. The fraction of sp³-hybridized carbons (Fsp3) is 0.615. The van der Waals surface area contributed by atoms with Gasteiger partial charge in [-0.2, -0.15) is 0 Å². The van der Waals surface area contributed by atoms with Crippen molar-refractivity contribution in [3.63, 3.8) is 0 Å². The van der Waals surface area contributed by atoms with Crippen LogP contribution < -0.4 is 0 Å². The van der Waals surface area contributed by atoms with E-state index in [0.717, 1.165) is 6.42 Å². The molecule has 0 aliphatic heterocycles. The molecule has 1 aliphatic rings. The van der Waals surface area contributed by atoms with Crippen molar-refractivity contribution in [2.75, 3.05) is 7.11 Å². The maximum Gasteiger partial charge on any atom is 0.305 e. The first kappa shape index (κ1) is 14.4. The van der Waals surface area contributed by atoms with E-state index in [1.54, 1.807) is 6.08 Å². The molecule has 0 aromatic rings. The highest BCUT2D eigenvalue weighted by molar-refractivity contribution is 5.98. The quantitative estimate of drug-likeness (QED) is 0.531. The van der Waals surface area contributed by atoms with E-state index in [1.807, 2.05) is 0 Å². The number of ketones is 1. The lowest BCUT2D eigenvalue weighted by molar-refractivity contribution is -0.144. The van der Waals surface area contributed by atoms with Crippen molar-refractivity contribution in [2.24, 2.45) is 0 Å². The number of hydrogen-bond acceptors (Lipinski definition) is 5. The van der Waals surface area contributed by atoms with Gasteiger partial charge in [-0.1, -0.05) is 0 Å². The SMILES string of the molecule is COC(=O)CCCCC1=CC(OC(C)=O)CC1=O. The molecule has 0 N–H and O–H groups in total. The Hall–Kier alpha value is -1.65. The molecule has 5 heteroatoms. The number of esters is 2. The maximum absolute atomic E-state index is 11.6. The Balaban J connectivity index is 2.31.